The number of carbonyl (C=O) groups is 1. The van der Waals surface area contributed by atoms with Gasteiger partial charge in [-0.05, 0) is 31.0 Å². The summed E-state index contributed by atoms with van der Waals surface area (Å²) in [5.41, 5.74) is 7.47. The standard InChI is InChI=1S/C13H21N3O/c1-10-4-6-11(7-5-10)16-12(17)15-9-13(2,3)8-14/h4-7H,8-9,14H2,1-3H3,(H2,15,16,17). The first kappa shape index (κ1) is 13.5. The lowest BCUT2D eigenvalue weighted by Gasteiger charge is -2.22. The molecule has 0 aromatic heterocycles. The van der Waals surface area contributed by atoms with Gasteiger partial charge in [0.2, 0.25) is 0 Å². The zero-order valence-electron chi connectivity index (χ0n) is 10.7. The van der Waals surface area contributed by atoms with Crippen molar-refractivity contribution in [3.63, 3.8) is 0 Å². The van der Waals surface area contributed by atoms with Crippen LogP contribution in [-0.4, -0.2) is 19.1 Å². The average Bonchev–Trinajstić information content (AvgIpc) is 2.30. The molecule has 1 aromatic carbocycles. The maximum Gasteiger partial charge on any atom is 0.319 e. The normalized spacial score (nSPS) is 11.1. The van der Waals surface area contributed by atoms with E-state index >= 15 is 0 Å². The van der Waals surface area contributed by atoms with Crippen LogP contribution >= 0.6 is 0 Å². The van der Waals surface area contributed by atoms with Crippen molar-refractivity contribution in [3.05, 3.63) is 29.8 Å². The van der Waals surface area contributed by atoms with E-state index in [-0.39, 0.29) is 11.4 Å². The quantitative estimate of drug-likeness (QED) is 0.748. The minimum atomic E-state index is -0.199. The summed E-state index contributed by atoms with van der Waals surface area (Å²) in [5, 5.41) is 5.58. The minimum absolute atomic E-state index is 0.0788. The van der Waals surface area contributed by atoms with Gasteiger partial charge in [0.1, 0.15) is 0 Å². The van der Waals surface area contributed by atoms with Crippen LogP contribution in [0.2, 0.25) is 0 Å². The van der Waals surface area contributed by atoms with E-state index in [1.165, 1.54) is 5.56 Å². The molecule has 0 aliphatic rings. The van der Waals surface area contributed by atoms with Gasteiger partial charge in [0.25, 0.3) is 0 Å². The highest BCUT2D eigenvalue weighted by Crippen LogP contribution is 2.11. The minimum Gasteiger partial charge on any atom is -0.337 e. The third-order valence-corrected chi connectivity index (χ3v) is 2.59. The van der Waals surface area contributed by atoms with Crippen molar-refractivity contribution in [3.8, 4) is 0 Å². The first-order valence-corrected chi connectivity index (χ1v) is 5.74. The van der Waals surface area contributed by atoms with E-state index in [4.69, 9.17) is 5.73 Å². The molecule has 94 valence electrons. The molecule has 4 heteroatoms. The smallest absolute Gasteiger partial charge is 0.319 e. The van der Waals surface area contributed by atoms with Crippen molar-refractivity contribution >= 4 is 11.7 Å². The molecule has 0 fully saturated rings. The molecule has 4 nitrogen and oxygen atoms in total. The summed E-state index contributed by atoms with van der Waals surface area (Å²) in [5.74, 6) is 0. The predicted octanol–water partition coefficient (Wildman–Crippen LogP) is 2.10. The summed E-state index contributed by atoms with van der Waals surface area (Å²) in [6.45, 7) is 7.13. The Hall–Kier alpha value is -1.55. The van der Waals surface area contributed by atoms with Gasteiger partial charge in [0.15, 0.2) is 0 Å². The van der Waals surface area contributed by atoms with Crippen LogP contribution in [0.15, 0.2) is 24.3 Å². The Labute approximate surface area is 103 Å². The highest BCUT2D eigenvalue weighted by atomic mass is 16.2. The molecule has 4 N–H and O–H groups in total. The van der Waals surface area contributed by atoms with Crippen LogP contribution in [0.5, 0.6) is 0 Å². The van der Waals surface area contributed by atoms with E-state index in [0.29, 0.717) is 13.1 Å². The maximum atomic E-state index is 11.6. The van der Waals surface area contributed by atoms with Crippen LogP contribution < -0.4 is 16.4 Å². The highest BCUT2D eigenvalue weighted by Gasteiger charge is 2.16. The number of rotatable bonds is 4. The second kappa shape index (κ2) is 5.68. The van der Waals surface area contributed by atoms with E-state index in [2.05, 4.69) is 10.6 Å². The lowest BCUT2D eigenvalue weighted by molar-refractivity contribution is 0.245. The Kier molecular flexibility index (Phi) is 4.52. The number of aryl methyl sites for hydroxylation is 1. The number of amides is 2. The molecule has 0 radical (unpaired) electrons. The number of anilines is 1. The largest absolute Gasteiger partial charge is 0.337 e. The van der Waals surface area contributed by atoms with E-state index in [1.54, 1.807) is 0 Å². The topological polar surface area (TPSA) is 67.2 Å². The first-order chi connectivity index (χ1) is 7.93. The van der Waals surface area contributed by atoms with Gasteiger partial charge in [0, 0.05) is 12.2 Å². The molecule has 0 aliphatic heterocycles. The molecule has 1 aromatic rings. The number of urea groups is 1. The number of carbonyl (C=O) groups excluding carboxylic acids is 1. The summed E-state index contributed by atoms with van der Waals surface area (Å²) < 4.78 is 0. The van der Waals surface area contributed by atoms with Gasteiger partial charge in [-0.3, -0.25) is 0 Å². The third kappa shape index (κ3) is 4.87. The van der Waals surface area contributed by atoms with Crippen LogP contribution in [0.4, 0.5) is 10.5 Å². The molecule has 2 amide bonds. The summed E-state index contributed by atoms with van der Waals surface area (Å²) in [7, 11) is 0. The predicted molar refractivity (Wildman–Crippen MR) is 71.0 cm³/mol. The van der Waals surface area contributed by atoms with Crippen LogP contribution in [0, 0.1) is 12.3 Å². The summed E-state index contributed by atoms with van der Waals surface area (Å²) in [6.07, 6.45) is 0. The maximum absolute atomic E-state index is 11.6. The SMILES string of the molecule is Cc1ccc(NC(=O)NCC(C)(C)CN)cc1. The number of nitrogens with one attached hydrogen (secondary N) is 2. The van der Waals surface area contributed by atoms with Gasteiger partial charge < -0.3 is 16.4 Å². The summed E-state index contributed by atoms with van der Waals surface area (Å²) in [4.78, 5) is 11.6. The number of hydrogen-bond acceptors (Lipinski definition) is 2. The molecule has 0 spiro atoms. The fourth-order valence-electron chi connectivity index (χ4n) is 1.20. The Bertz CT molecular complexity index is 371. The molecule has 1 rings (SSSR count). The summed E-state index contributed by atoms with van der Waals surface area (Å²) in [6, 6.07) is 7.47. The molecule has 0 atom stereocenters. The zero-order valence-corrected chi connectivity index (χ0v) is 10.7. The summed E-state index contributed by atoms with van der Waals surface area (Å²) >= 11 is 0. The Morgan fingerprint density at radius 1 is 1.29 bits per heavy atom. The van der Waals surface area contributed by atoms with E-state index < -0.39 is 0 Å². The molecule has 0 bridgehead atoms. The zero-order chi connectivity index (χ0) is 12.9. The highest BCUT2D eigenvalue weighted by molar-refractivity contribution is 5.89. The van der Waals surface area contributed by atoms with Gasteiger partial charge in [-0.2, -0.15) is 0 Å². The Balaban J connectivity index is 2.42. The monoisotopic (exact) mass is 235 g/mol. The van der Waals surface area contributed by atoms with E-state index in [0.717, 1.165) is 5.69 Å². The van der Waals surface area contributed by atoms with E-state index in [9.17, 15) is 4.79 Å². The molecular formula is C13H21N3O. The number of benzene rings is 1. The van der Waals surface area contributed by atoms with Crippen molar-refractivity contribution < 1.29 is 4.79 Å². The van der Waals surface area contributed by atoms with Gasteiger partial charge >= 0.3 is 6.03 Å². The van der Waals surface area contributed by atoms with Crippen molar-refractivity contribution in [2.75, 3.05) is 18.4 Å². The van der Waals surface area contributed by atoms with Crippen LogP contribution in [0.1, 0.15) is 19.4 Å². The fraction of sp³-hybridized carbons (Fsp3) is 0.462. The van der Waals surface area contributed by atoms with Crippen molar-refractivity contribution in [1.82, 2.24) is 5.32 Å². The molecule has 0 saturated heterocycles. The fourth-order valence-corrected chi connectivity index (χ4v) is 1.20. The molecule has 0 heterocycles. The molecule has 17 heavy (non-hydrogen) atoms. The third-order valence-electron chi connectivity index (χ3n) is 2.59. The van der Waals surface area contributed by atoms with Gasteiger partial charge in [-0.25, -0.2) is 4.79 Å². The molecule has 0 aliphatic carbocycles. The lowest BCUT2D eigenvalue weighted by atomic mass is 9.94. The van der Waals surface area contributed by atoms with Gasteiger partial charge in [0.05, 0.1) is 0 Å². The van der Waals surface area contributed by atoms with Crippen LogP contribution in [0.3, 0.4) is 0 Å². The first-order valence-electron chi connectivity index (χ1n) is 5.74. The molecular weight excluding hydrogens is 214 g/mol. The average molecular weight is 235 g/mol. The second-order valence-corrected chi connectivity index (χ2v) is 5.04. The van der Waals surface area contributed by atoms with E-state index in [1.807, 2.05) is 45.0 Å². The van der Waals surface area contributed by atoms with Gasteiger partial charge in [-0.1, -0.05) is 31.5 Å². The van der Waals surface area contributed by atoms with Crippen molar-refractivity contribution in [2.24, 2.45) is 11.1 Å². The Morgan fingerprint density at radius 2 is 1.88 bits per heavy atom. The lowest BCUT2D eigenvalue weighted by Crippen LogP contribution is -2.40. The van der Waals surface area contributed by atoms with Gasteiger partial charge in [-0.15, -0.1) is 0 Å². The second-order valence-electron chi connectivity index (χ2n) is 5.04. The van der Waals surface area contributed by atoms with Crippen molar-refractivity contribution in [2.45, 2.75) is 20.8 Å². The van der Waals surface area contributed by atoms with Crippen LogP contribution in [-0.2, 0) is 0 Å². The molecule has 0 saturated carbocycles. The van der Waals surface area contributed by atoms with Crippen LogP contribution in [0.25, 0.3) is 0 Å². The number of hydrogen-bond donors (Lipinski definition) is 3. The number of nitrogens with two attached hydrogens (primary N) is 1. The molecule has 0 unspecified atom stereocenters. The van der Waals surface area contributed by atoms with Crippen molar-refractivity contribution in [1.29, 1.82) is 0 Å². The Morgan fingerprint density at radius 3 is 2.41 bits per heavy atom.